The molecule has 3 heterocycles. The number of aromatic nitrogens is 4. The zero-order valence-corrected chi connectivity index (χ0v) is 23.0. The number of halogens is 1. The summed E-state index contributed by atoms with van der Waals surface area (Å²) in [5.74, 6) is -0.624. The van der Waals surface area contributed by atoms with E-state index in [9.17, 15) is 15.0 Å². The fraction of sp³-hybridized carbons (Fsp3) is 0.200. The highest BCUT2D eigenvalue weighted by Gasteiger charge is 2.49. The van der Waals surface area contributed by atoms with E-state index in [1.807, 2.05) is 42.5 Å². The van der Waals surface area contributed by atoms with Gasteiger partial charge in [-0.05, 0) is 41.0 Å². The van der Waals surface area contributed by atoms with E-state index >= 15 is 0 Å². The summed E-state index contributed by atoms with van der Waals surface area (Å²) in [5.41, 5.74) is 3.82. The van der Waals surface area contributed by atoms with Gasteiger partial charge in [-0.2, -0.15) is 0 Å². The molecule has 214 valence electrons. The van der Waals surface area contributed by atoms with Crippen LogP contribution >= 0.6 is 11.6 Å². The minimum absolute atomic E-state index is 0.223. The van der Waals surface area contributed by atoms with Gasteiger partial charge in [0.2, 0.25) is 5.49 Å². The minimum Gasteiger partial charge on any atom is -0.451 e. The lowest BCUT2D eigenvalue weighted by molar-refractivity contribution is -0.0917. The number of ether oxygens (including phenoxy) is 2. The number of aliphatic hydroxyl groups is 2. The van der Waals surface area contributed by atoms with E-state index in [1.54, 1.807) is 36.4 Å². The first-order chi connectivity index (χ1) is 20.4. The monoisotopic (exact) mass is 587 g/mol. The summed E-state index contributed by atoms with van der Waals surface area (Å²) in [4.78, 5) is 29.6. The molecule has 1 aliphatic heterocycles. The predicted molar refractivity (Wildman–Crippen MR) is 152 cm³/mol. The lowest BCUT2D eigenvalue weighted by Crippen LogP contribution is -2.36. The van der Waals surface area contributed by atoms with Crippen LogP contribution in [-0.4, -0.2) is 61.1 Å². The van der Waals surface area contributed by atoms with Crippen molar-refractivity contribution in [2.24, 2.45) is 5.16 Å². The molecule has 12 heteroatoms. The van der Waals surface area contributed by atoms with Crippen molar-refractivity contribution in [1.29, 1.82) is 0 Å². The number of hydrogen-bond acceptors (Lipinski definition) is 9. The predicted octanol–water partition coefficient (Wildman–Crippen LogP) is 3.76. The number of carbonyl (C=O) groups is 1. The fourth-order valence-corrected chi connectivity index (χ4v) is 5.11. The van der Waals surface area contributed by atoms with Gasteiger partial charge in [0, 0.05) is 5.02 Å². The number of H-pyrrole nitrogens is 1. The molecule has 5 aromatic rings. The molecule has 0 spiro atoms. The van der Waals surface area contributed by atoms with Gasteiger partial charge in [-0.25, -0.2) is 14.8 Å². The van der Waals surface area contributed by atoms with Crippen molar-refractivity contribution in [2.75, 3.05) is 7.11 Å². The molecule has 5 atom stereocenters. The zero-order chi connectivity index (χ0) is 29.2. The zero-order valence-electron chi connectivity index (χ0n) is 22.2. The van der Waals surface area contributed by atoms with Gasteiger partial charge in [-0.1, -0.05) is 71.4 Å². The van der Waals surface area contributed by atoms with Gasteiger partial charge < -0.3 is 29.5 Å². The van der Waals surface area contributed by atoms with Crippen LogP contribution in [0.4, 0.5) is 0 Å². The summed E-state index contributed by atoms with van der Waals surface area (Å²) in [7, 11) is 1.39. The Morgan fingerprint density at radius 3 is 2.43 bits per heavy atom. The summed E-state index contributed by atoms with van der Waals surface area (Å²) < 4.78 is 13.7. The number of nitrogens with one attached hydrogen (secondary N) is 1. The minimum atomic E-state index is -1.42. The number of aromatic amines is 1. The molecule has 0 unspecified atom stereocenters. The van der Waals surface area contributed by atoms with Gasteiger partial charge >= 0.3 is 5.97 Å². The lowest BCUT2D eigenvalue weighted by atomic mass is 9.98. The molecule has 0 radical (unpaired) electrons. The second kappa shape index (κ2) is 11.7. The maximum absolute atomic E-state index is 13.4. The second-order valence-electron chi connectivity index (χ2n) is 9.64. The van der Waals surface area contributed by atoms with Crippen molar-refractivity contribution in [2.45, 2.75) is 30.6 Å². The van der Waals surface area contributed by atoms with Gasteiger partial charge in [0.1, 0.15) is 31.1 Å². The smallest absolute Gasteiger partial charge is 0.338 e. The average Bonchev–Trinajstić information content (AvgIpc) is 3.58. The molecule has 0 saturated carbocycles. The maximum Gasteiger partial charge on any atom is 0.338 e. The van der Waals surface area contributed by atoms with Crippen LogP contribution in [-0.2, 0) is 14.3 Å². The van der Waals surface area contributed by atoms with E-state index in [4.69, 9.17) is 25.9 Å². The number of carbonyl (C=O) groups excluding carboxylic acids is 1. The van der Waals surface area contributed by atoms with E-state index in [0.29, 0.717) is 27.3 Å². The van der Waals surface area contributed by atoms with Crippen molar-refractivity contribution < 1.29 is 29.3 Å². The molecule has 0 bridgehead atoms. The van der Waals surface area contributed by atoms with Crippen LogP contribution < -0.4 is 5.49 Å². The van der Waals surface area contributed by atoms with Crippen LogP contribution in [0.25, 0.3) is 22.3 Å². The SMILES string of the molecule is CO/N=c1\nc[nH]c2c1ncn2[C@@H]1O[C@H]([C@H](OC(=O)c2ccc(-c3ccccc3)cc2)c2ccc(Cl)cc2)[C@@H](O)[C@H]1O. The standard InChI is InChI=1S/C30H26ClN5O6/c1-40-35-27-22-28(33-15-32-27)36(16-34-22)29-24(38)23(37)26(41-29)25(19-11-13-21(31)14-12-19)42-30(39)20-9-7-18(8-10-20)17-5-3-2-4-6-17/h2-16,23-26,29,37-38H,1H3,(H,32,33,35)/t23-,24+,25+,26-,29+/m0/s1. The van der Waals surface area contributed by atoms with E-state index in [-0.39, 0.29) is 5.49 Å². The third-order valence-corrected chi connectivity index (χ3v) is 7.33. The summed E-state index contributed by atoms with van der Waals surface area (Å²) >= 11 is 6.11. The number of aliphatic hydroxyl groups excluding tert-OH is 2. The average molecular weight is 588 g/mol. The molecular weight excluding hydrogens is 562 g/mol. The first-order valence-electron chi connectivity index (χ1n) is 13.1. The summed E-state index contributed by atoms with van der Waals surface area (Å²) in [6.07, 6.45) is -3.30. The first kappa shape index (κ1) is 27.6. The van der Waals surface area contributed by atoms with Crippen molar-refractivity contribution in [1.82, 2.24) is 19.5 Å². The molecule has 42 heavy (non-hydrogen) atoms. The Morgan fingerprint density at radius 2 is 1.71 bits per heavy atom. The molecular formula is C30H26ClN5O6. The third-order valence-electron chi connectivity index (χ3n) is 7.08. The van der Waals surface area contributed by atoms with Gasteiger partial charge in [0.25, 0.3) is 0 Å². The highest BCUT2D eigenvalue weighted by molar-refractivity contribution is 6.30. The van der Waals surface area contributed by atoms with Crippen molar-refractivity contribution in [3.05, 3.63) is 113 Å². The Labute approximate surface area is 244 Å². The molecule has 1 saturated heterocycles. The van der Waals surface area contributed by atoms with Crippen LogP contribution in [0.3, 0.4) is 0 Å². The number of fused-ring (bicyclic) bond motifs is 1. The second-order valence-corrected chi connectivity index (χ2v) is 10.1. The highest BCUT2D eigenvalue weighted by atomic mass is 35.5. The van der Waals surface area contributed by atoms with Crippen LogP contribution in [0.15, 0.2) is 96.7 Å². The molecule has 6 rings (SSSR count). The normalized spacial score (nSPS) is 21.4. The van der Waals surface area contributed by atoms with Crippen LogP contribution in [0.5, 0.6) is 0 Å². The maximum atomic E-state index is 13.4. The Balaban J connectivity index is 1.30. The van der Waals surface area contributed by atoms with E-state index in [2.05, 4.69) is 20.1 Å². The summed E-state index contributed by atoms with van der Waals surface area (Å²) in [6.45, 7) is 0. The lowest BCUT2D eigenvalue weighted by Gasteiger charge is -2.26. The molecule has 11 nitrogen and oxygen atoms in total. The largest absolute Gasteiger partial charge is 0.451 e. The fourth-order valence-electron chi connectivity index (χ4n) is 4.99. The number of rotatable bonds is 7. The third kappa shape index (κ3) is 5.26. The number of benzene rings is 3. The highest BCUT2D eigenvalue weighted by Crippen LogP contribution is 2.39. The summed E-state index contributed by atoms with van der Waals surface area (Å²) in [6, 6.07) is 23.5. The topological polar surface area (TPSA) is 144 Å². The van der Waals surface area contributed by atoms with Crippen molar-refractivity contribution in [3.63, 3.8) is 0 Å². The van der Waals surface area contributed by atoms with E-state index < -0.39 is 36.6 Å². The Morgan fingerprint density at radius 1 is 1.00 bits per heavy atom. The molecule has 2 aromatic heterocycles. The van der Waals surface area contributed by atoms with E-state index in [0.717, 1.165) is 11.1 Å². The number of nitrogens with zero attached hydrogens (tertiary/aromatic N) is 4. The van der Waals surface area contributed by atoms with E-state index in [1.165, 1.54) is 24.3 Å². The number of hydrogen-bond donors (Lipinski definition) is 3. The molecule has 3 N–H and O–H groups in total. The van der Waals surface area contributed by atoms with Gasteiger partial charge in [0.05, 0.1) is 18.2 Å². The van der Waals surface area contributed by atoms with Crippen molar-refractivity contribution >= 4 is 28.7 Å². The van der Waals surface area contributed by atoms with Crippen LogP contribution in [0, 0.1) is 0 Å². The quantitative estimate of drug-likeness (QED) is 0.193. The summed E-state index contributed by atoms with van der Waals surface area (Å²) in [5, 5.41) is 26.6. The molecule has 3 aromatic carbocycles. The van der Waals surface area contributed by atoms with Crippen molar-refractivity contribution in [3.8, 4) is 11.1 Å². The Hall–Kier alpha value is -4.55. The first-order valence-corrected chi connectivity index (χ1v) is 13.4. The van der Waals surface area contributed by atoms with Gasteiger partial charge in [0.15, 0.2) is 17.8 Å². The molecule has 1 aliphatic rings. The Kier molecular flexibility index (Phi) is 7.72. The molecule has 0 aliphatic carbocycles. The Bertz CT molecular complexity index is 1760. The van der Waals surface area contributed by atoms with Gasteiger partial charge in [-0.15, -0.1) is 0 Å². The van der Waals surface area contributed by atoms with Crippen LogP contribution in [0.2, 0.25) is 5.02 Å². The van der Waals surface area contributed by atoms with Crippen LogP contribution in [0.1, 0.15) is 28.3 Å². The van der Waals surface area contributed by atoms with Gasteiger partial charge in [-0.3, -0.25) is 4.57 Å². The molecule has 0 amide bonds. The molecule has 1 fully saturated rings. The number of esters is 1. The number of imidazole rings is 1.